The lowest BCUT2D eigenvalue weighted by Gasteiger charge is -2.28. The van der Waals surface area contributed by atoms with E-state index in [-0.39, 0.29) is 0 Å². The van der Waals surface area contributed by atoms with Crippen LogP contribution in [0.2, 0.25) is 0 Å². The van der Waals surface area contributed by atoms with Crippen LogP contribution in [0.4, 0.5) is 13.2 Å². The summed E-state index contributed by atoms with van der Waals surface area (Å²) in [6.07, 6.45) is 3.57. The minimum atomic E-state index is -5.20. The molecule has 0 aromatic rings. The van der Waals surface area contributed by atoms with Crippen molar-refractivity contribution in [1.29, 1.82) is 0 Å². The van der Waals surface area contributed by atoms with Gasteiger partial charge in [0.1, 0.15) is 0 Å². The molecule has 16 heavy (non-hydrogen) atoms. The Morgan fingerprint density at radius 1 is 1.19 bits per heavy atom. The Bertz CT molecular complexity index is 318. The van der Waals surface area contributed by atoms with Crippen molar-refractivity contribution in [3.8, 4) is 0 Å². The van der Waals surface area contributed by atoms with Crippen LogP contribution in [0.5, 0.6) is 0 Å². The first kappa shape index (κ1) is 13.8. The van der Waals surface area contributed by atoms with Gasteiger partial charge in [0.05, 0.1) is 0 Å². The molecule has 0 aromatic carbocycles. The third-order valence-electron chi connectivity index (χ3n) is 3.05. The van der Waals surface area contributed by atoms with E-state index in [4.69, 9.17) is 0 Å². The highest BCUT2D eigenvalue weighted by molar-refractivity contribution is 7.90. The third-order valence-corrected chi connectivity index (χ3v) is 4.30. The molecule has 7 heteroatoms. The van der Waals surface area contributed by atoms with Crippen molar-refractivity contribution in [3.63, 3.8) is 0 Å². The molecule has 1 aliphatic carbocycles. The molecule has 0 bridgehead atoms. The molecule has 0 heterocycles. The fourth-order valence-electron chi connectivity index (χ4n) is 1.97. The molecule has 0 spiro atoms. The molecule has 0 aliphatic heterocycles. The van der Waals surface area contributed by atoms with Crippen LogP contribution < -0.4 is 4.72 Å². The van der Waals surface area contributed by atoms with E-state index in [0.717, 1.165) is 19.3 Å². The van der Waals surface area contributed by atoms with Gasteiger partial charge in [0, 0.05) is 6.04 Å². The molecule has 0 amide bonds. The predicted molar refractivity (Wildman–Crippen MR) is 54.1 cm³/mol. The van der Waals surface area contributed by atoms with E-state index in [9.17, 15) is 21.6 Å². The number of hydrogen-bond donors (Lipinski definition) is 1. The van der Waals surface area contributed by atoms with Gasteiger partial charge in [-0.05, 0) is 31.6 Å². The summed E-state index contributed by atoms with van der Waals surface area (Å²) in [5.41, 5.74) is -5.20. The maximum absolute atomic E-state index is 12.1. The van der Waals surface area contributed by atoms with Crippen LogP contribution >= 0.6 is 0 Å². The number of nitrogens with one attached hydrogen (secondary N) is 1. The first-order chi connectivity index (χ1) is 7.26. The minimum absolute atomic E-state index is 0.494. The Morgan fingerprint density at radius 2 is 1.69 bits per heavy atom. The van der Waals surface area contributed by atoms with Gasteiger partial charge >= 0.3 is 15.5 Å². The summed E-state index contributed by atoms with van der Waals surface area (Å²) in [7, 11) is -5.17. The van der Waals surface area contributed by atoms with E-state index < -0.39 is 21.6 Å². The highest BCUT2D eigenvalue weighted by Gasteiger charge is 2.46. The van der Waals surface area contributed by atoms with E-state index in [1.54, 1.807) is 4.72 Å². The van der Waals surface area contributed by atoms with Crippen LogP contribution in [0.3, 0.4) is 0 Å². The minimum Gasteiger partial charge on any atom is -0.204 e. The van der Waals surface area contributed by atoms with E-state index in [1.807, 2.05) is 6.92 Å². The Kier molecular flexibility index (Phi) is 4.23. The van der Waals surface area contributed by atoms with Gasteiger partial charge in [-0.3, -0.25) is 0 Å². The third kappa shape index (κ3) is 3.35. The number of rotatable bonds is 3. The van der Waals surface area contributed by atoms with Gasteiger partial charge in [0.2, 0.25) is 0 Å². The van der Waals surface area contributed by atoms with E-state index in [1.165, 1.54) is 0 Å². The quantitative estimate of drug-likeness (QED) is 0.846. The van der Waals surface area contributed by atoms with Crippen LogP contribution in [0.15, 0.2) is 0 Å². The normalized spacial score (nSPS) is 28.0. The molecule has 1 aliphatic rings. The monoisotopic (exact) mass is 259 g/mol. The van der Waals surface area contributed by atoms with Gasteiger partial charge in [-0.25, -0.2) is 13.1 Å². The molecular formula is C9H16F3NO2S. The Labute approximate surface area is 93.5 Å². The van der Waals surface area contributed by atoms with E-state index >= 15 is 0 Å². The largest absolute Gasteiger partial charge is 0.511 e. The molecule has 1 saturated carbocycles. The summed E-state index contributed by atoms with van der Waals surface area (Å²) in [4.78, 5) is 0. The Hall–Kier alpha value is -0.300. The lowest BCUT2D eigenvalue weighted by molar-refractivity contribution is -0.0452. The lowest BCUT2D eigenvalue weighted by Crippen LogP contribution is -2.44. The molecule has 3 nitrogen and oxygen atoms in total. The van der Waals surface area contributed by atoms with Gasteiger partial charge in [0.15, 0.2) is 0 Å². The molecule has 1 rings (SSSR count). The number of halogens is 3. The molecule has 96 valence electrons. The van der Waals surface area contributed by atoms with Crippen LogP contribution in [0.1, 0.15) is 39.0 Å². The molecule has 0 aromatic heterocycles. The zero-order valence-corrected chi connectivity index (χ0v) is 9.87. The van der Waals surface area contributed by atoms with Gasteiger partial charge in [-0.1, -0.05) is 13.3 Å². The topological polar surface area (TPSA) is 46.2 Å². The standard InChI is InChI=1S/C9H16F3NO2S/c1-2-7-3-5-8(6-4-7)13-16(14,15)9(10,11)12/h7-8,13H,2-6H2,1H3. The maximum Gasteiger partial charge on any atom is 0.511 e. The van der Waals surface area contributed by atoms with Crippen molar-refractivity contribution in [2.45, 2.75) is 50.6 Å². The van der Waals surface area contributed by atoms with Crippen LogP contribution in [0.25, 0.3) is 0 Å². The maximum atomic E-state index is 12.1. The molecule has 0 saturated heterocycles. The average molecular weight is 259 g/mol. The van der Waals surface area contributed by atoms with Gasteiger partial charge < -0.3 is 0 Å². The van der Waals surface area contributed by atoms with Gasteiger partial charge in [0.25, 0.3) is 0 Å². The van der Waals surface area contributed by atoms with Crippen LogP contribution in [-0.4, -0.2) is 20.0 Å². The highest BCUT2D eigenvalue weighted by Crippen LogP contribution is 2.29. The van der Waals surface area contributed by atoms with Gasteiger partial charge in [-0.2, -0.15) is 13.2 Å². The molecular weight excluding hydrogens is 243 g/mol. The Balaban J connectivity index is 2.52. The molecule has 1 N–H and O–H groups in total. The van der Waals surface area contributed by atoms with Crippen LogP contribution in [-0.2, 0) is 10.0 Å². The average Bonchev–Trinajstić information content (AvgIpc) is 2.16. The zero-order valence-electron chi connectivity index (χ0n) is 9.05. The molecule has 0 atom stereocenters. The van der Waals surface area contributed by atoms with Crippen molar-refractivity contribution >= 4 is 10.0 Å². The summed E-state index contributed by atoms with van der Waals surface area (Å²) < 4.78 is 59.6. The zero-order chi connectivity index (χ0) is 12.4. The van der Waals surface area contributed by atoms with Crippen molar-refractivity contribution in [2.75, 3.05) is 0 Å². The fraction of sp³-hybridized carbons (Fsp3) is 1.00. The first-order valence-electron chi connectivity index (χ1n) is 5.35. The molecule has 1 fully saturated rings. The summed E-state index contributed by atoms with van der Waals surface area (Å²) in [6, 6.07) is -0.561. The Morgan fingerprint density at radius 3 is 2.06 bits per heavy atom. The highest BCUT2D eigenvalue weighted by atomic mass is 32.2. The lowest BCUT2D eigenvalue weighted by atomic mass is 9.85. The SMILES string of the molecule is CCC1CCC(NS(=O)(=O)C(F)(F)F)CC1. The second-order valence-electron chi connectivity index (χ2n) is 4.19. The summed E-state index contributed by atoms with van der Waals surface area (Å²) >= 11 is 0. The molecule has 0 radical (unpaired) electrons. The van der Waals surface area contributed by atoms with Crippen molar-refractivity contribution in [1.82, 2.24) is 4.72 Å². The number of sulfonamides is 1. The van der Waals surface area contributed by atoms with Crippen molar-refractivity contribution < 1.29 is 21.6 Å². The van der Waals surface area contributed by atoms with E-state index in [2.05, 4.69) is 0 Å². The van der Waals surface area contributed by atoms with Gasteiger partial charge in [-0.15, -0.1) is 0 Å². The summed E-state index contributed by atoms with van der Waals surface area (Å²) in [6.45, 7) is 2.03. The summed E-state index contributed by atoms with van der Waals surface area (Å²) in [5, 5.41) is 0. The first-order valence-corrected chi connectivity index (χ1v) is 6.83. The molecule has 0 unspecified atom stereocenters. The van der Waals surface area contributed by atoms with Crippen molar-refractivity contribution in [2.24, 2.45) is 5.92 Å². The van der Waals surface area contributed by atoms with E-state index in [0.29, 0.717) is 18.8 Å². The summed E-state index contributed by atoms with van der Waals surface area (Å²) in [5.74, 6) is 0.520. The predicted octanol–water partition coefficient (Wildman–Crippen LogP) is 2.39. The second kappa shape index (κ2) is 4.91. The number of alkyl halides is 3. The number of hydrogen-bond acceptors (Lipinski definition) is 2. The van der Waals surface area contributed by atoms with Crippen molar-refractivity contribution in [3.05, 3.63) is 0 Å². The van der Waals surface area contributed by atoms with Crippen LogP contribution in [0, 0.1) is 5.92 Å². The second-order valence-corrected chi connectivity index (χ2v) is 5.90. The fourth-order valence-corrected chi connectivity index (χ4v) is 2.78. The smallest absolute Gasteiger partial charge is 0.204 e.